The van der Waals surface area contributed by atoms with Gasteiger partial charge in [0.2, 0.25) is 11.8 Å². The van der Waals surface area contributed by atoms with Crippen LogP contribution in [0.2, 0.25) is 0 Å². The van der Waals surface area contributed by atoms with Crippen molar-refractivity contribution < 1.29 is 32.6 Å². The number of nitrogens with zero attached hydrogens (tertiary/aromatic N) is 5. The van der Waals surface area contributed by atoms with Crippen molar-refractivity contribution in [3.63, 3.8) is 0 Å². The second kappa shape index (κ2) is 12.2. The first kappa shape index (κ1) is 29.2. The maximum atomic E-state index is 13.8. The molecule has 15 heteroatoms. The van der Waals surface area contributed by atoms with Crippen molar-refractivity contribution in [3.8, 4) is 17.7 Å². The number of methoxy groups -OCH3 is 1. The number of carbonyl (C=O) groups excluding carboxylic acids is 1. The fraction of sp³-hybridized carbons (Fsp3) is 0.480. The number of anilines is 1. The highest BCUT2D eigenvalue weighted by Gasteiger charge is 2.48. The maximum Gasteiger partial charge on any atom is 0.459 e. The molecule has 1 aliphatic heterocycles. The quantitative estimate of drug-likeness (QED) is 0.237. The molecule has 3 heterocycles. The zero-order valence-electron chi connectivity index (χ0n) is 22.6. The van der Waals surface area contributed by atoms with Crippen LogP contribution in [0.5, 0.6) is 11.6 Å². The number of hydrogen-bond acceptors (Lipinski definition) is 12. The third-order valence-electron chi connectivity index (χ3n) is 6.18. The van der Waals surface area contributed by atoms with Crippen molar-refractivity contribution in [2.45, 2.75) is 52.0 Å². The Kier molecular flexibility index (Phi) is 8.90. The van der Waals surface area contributed by atoms with Crippen LogP contribution < -0.4 is 20.1 Å². The van der Waals surface area contributed by atoms with Crippen molar-refractivity contribution in [1.29, 1.82) is 5.26 Å². The Morgan fingerprint density at radius 3 is 2.80 bits per heavy atom. The highest BCUT2D eigenvalue weighted by Crippen LogP contribution is 2.49. The molecule has 2 aromatic heterocycles. The molecule has 1 saturated heterocycles. The van der Waals surface area contributed by atoms with Gasteiger partial charge >= 0.3 is 13.7 Å². The molecular weight excluding hydrogens is 541 g/mol. The van der Waals surface area contributed by atoms with E-state index < -0.39 is 37.5 Å². The topological polar surface area (TPSA) is 186 Å². The predicted molar refractivity (Wildman–Crippen MR) is 143 cm³/mol. The van der Waals surface area contributed by atoms with Gasteiger partial charge in [-0.25, -0.2) is 9.55 Å². The van der Waals surface area contributed by atoms with Crippen LogP contribution in [0, 0.1) is 16.7 Å². The Bertz CT molecular complexity index is 1430. The van der Waals surface area contributed by atoms with E-state index in [0.29, 0.717) is 17.6 Å². The van der Waals surface area contributed by atoms with Gasteiger partial charge in [0.1, 0.15) is 17.2 Å². The zero-order valence-corrected chi connectivity index (χ0v) is 23.5. The molecule has 0 aliphatic carbocycles. The van der Waals surface area contributed by atoms with Gasteiger partial charge in [-0.3, -0.25) is 13.9 Å². The molecule has 14 nitrogen and oxygen atoms in total. The van der Waals surface area contributed by atoms with E-state index in [2.05, 4.69) is 26.1 Å². The van der Waals surface area contributed by atoms with E-state index in [9.17, 15) is 14.6 Å². The van der Waals surface area contributed by atoms with Crippen LogP contribution >= 0.6 is 7.75 Å². The number of fused-ring (bicyclic) bond motifs is 1. The summed E-state index contributed by atoms with van der Waals surface area (Å²) >= 11 is 0. The smallest absolute Gasteiger partial charge is 0.459 e. The highest BCUT2D eigenvalue weighted by molar-refractivity contribution is 7.52. The van der Waals surface area contributed by atoms with Gasteiger partial charge in [0.25, 0.3) is 0 Å². The first-order valence-corrected chi connectivity index (χ1v) is 14.2. The SMILES string of the molecule is CCCOC(=O)[C@H](C)NP(=O)(OCC1CC(C)(C#N)C(n2cnc3c(OC)nc(N)nc32)O1)Oc1ccccc1. The molecule has 3 aromatic rings. The molecule has 1 aromatic carbocycles. The second-order valence-corrected chi connectivity index (χ2v) is 11.2. The third-order valence-corrected chi connectivity index (χ3v) is 7.82. The lowest BCUT2D eigenvalue weighted by Crippen LogP contribution is -2.35. The van der Waals surface area contributed by atoms with Gasteiger partial charge in [0.05, 0.1) is 38.8 Å². The third kappa shape index (κ3) is 6.34. The summed E-state index contributed by atoms with van der Waals surface area (Å²) in [6, 6.07) is 9.74. The molecule has 0 saturated carbocycles. The van der Waals surface area contributed by atoms with Gasteiger partial charge < -0.3 is 24.5 Å². The molecule has 5 atom stereocenters. The summed E-state index contributed by atoms with van der Waals surface area (Å²) < 4.78 is 43.5. The number of para-hydroxylation sites is 1. The Labute approximate surface area is 231 Å². The molecule has 0 bridgehead atoms. The lowest BCUT2D eigenvalue weighted by molar-refractivity contribution is -0.145. The van der Waals surface area contributed by atoms with Crippen LogP contribution in [0.1, 0.15) is 39.8 Å². The fourth-order valence-electron chi connectivity index (χ4n) is 4.26. The van der Waals surface area contributed by atoms with Crippen LogP contribution in [0.4, 0.5) is 5.95 Å². The van der Waals surface area contributed by atoms with E-state index in [0.717, 1.165) is 0 Å². The van der Waals surface area contributed by atoms with Crippen molar-refractivity contribution in [2.75, 3.05) is 26.1 Å². The van der Waals surface area contributed by atoms with Crippen LogP contribution in [0.15, 0.2) is 36.7 Å². The van der Waals surface area contributed by atoms with E-state index in [4.69, 9.17) is 29.0 Å². The number of ether oxygens (including phenoxy) is 3. The Morgan fingerprint density at radius 2 is 2.12 bits per heavy atom. The molecule has 0 radical (unpaired) electrons. The minimum absolute atomic E-state index is 0.0284. The number of nitrogens with two attached hydrogens (primary N) is 1. The monoisotopic (exact) mass is 573 g/mol. The number of aromatic nitrogens is 4. The Hall–Kier alpha value is -3.76. The van der Waals surface area contributed by atoms with Gasteiger partial charge in [0, 0.05) is 0 Å². The summed E-state index contributed by atoms with van der Waals surface area (Å²) in [6.45, 7) is 5.12. The molecule has 0 spiro atoms. The molecule has 3 N–H and O–H groups in total. The summed E-state index contributed by atoms with van der Waals surface area (Å²) in [7, 11) is -2.67. The zero-order chi connectivity index (χ0) is 28.9. The minimum Gasteiger partial charge on any atom is -0.479 e. The summed E-state index contributed by atoms with van der Waals surface area (Å²) in [6.07, 6.45) is 0.831. The average molecular weight is 574 g/mol. The number of hydrogen-bond donors (Lipinski definition) is 2. The van der Waals surface area contributed by atoms with Gasteiger partial charge in [-0.05, 0) is 38.8 Å². The number of imidazole rings is 1. The van der Waals surface area contributed by atoms with E-state index in [1.807, 2.05) is 6.92 Å². The maximum absolute atomic E-state index is 13.8. The van der Waals surface area contributed by atoms with Crippen molar-refractivity contribution in [2.24, 2.45) is 5.41 Å². The Balaban J connectivity index is 1.54. The Morgan fingerprint density at radius 1 is 1.38 bits per heavy atom. The summed E-state index contributed by atoms with van der Waals surface area (Å²) in [5, 5.41) is 12.7. The number of nitrogens with one attached hydrogen (secondary N) is 1. The van der Waals surface area contributed by atoms with Crippen LogP contribution in [-0.4, -0.2) is 58.0 Å². The summed E-state index contributed by atoms with van der Waals surface area (Å²) in [5.74, 6) is -0.162. The normalized spacial score (nSPS) is 22.8. The lowest BCUT2D eigenvalue weighted by Gasteiger charge is -2.24. The van der Waals surface area contributed by atoms with E-state index in [1.165, 1.54) is 20.4 Å². The highest BCUT2D eigenvalue weighted by atomic mass is 31.2. The first-order valence-electron chi connectivity index (χ1n) is 12.7. The van der Waals surface area contributed by atoms with Crippen LogP contribution in [0.25, 0.3) is 11.2 Å². The minimum atomic E-state index is -4.11. The van der Waals surface area contributed by atoms with Crippen LogP contribution in [0.3, 0.4) is 0 Å². The van der Waals surface area contributed by atoms with Crippen molar-refractivity contribution in [1.82, 2.24) is 24.6 Å². The number of rotatable bonds is 12. The number of nitrogen functional groups attached to an aromatic ring is 1. The molecule has 4 unspecified atom stereocenters. The van der Waals surface area contributed by atoms with E-state index in [1.54, 1.807) is 41.8 Å². The number of carbonyl (C=O) groups is 1. The van der Waals surface area contributed by atoms with Gasteiger partial charge in [-0.2, -0.15) is 20.3 Å². The van der Waals surface area contributed by atoms with Crippen molar-refractivity contribution in [3.05, 3.63) is 36.7 Å². The molecule has 40 heavy (non-hydrogen) atoms. The lowest BCUT2D eigenvalue weighted by atomic mass is 9.87. The number of benzene rings is 1. The van der Waals surface area contributed by atoms with Crippen LogP contribution in [-0.2, 0) is 23.4 Å². The molecule has 4 rings (SSSR count). The number of nitriles is 1. The molecule has 214 valence electrons. The average Bonchev–Trinajstić information content (AvgIpc) is 3.51. The number of esters is 1. The predicted octanol–water partition coefficient (Wildman–Crippen LogP) is 3.37. The molecular formula is C25H32N7O7P. The first-order chi connectivity index (χ1) is 19.1. The molecule has 1 aliphatic rings. The molecule has 0 amide bonds. The molecule has 1 fully saturated rings. The summed E-state index contributed by atoms with van der Waals surface area (Å²) in [4.78, 5) is 25.0. The van der Waals surface area contributed by atoms with Crippen molar-refractivity contribution >= 4 is 30.8 Å². The van der Waals surface area contributed by atoms with Gasteiger partial charge in [0.15, 0.2) is 17.4 Å². The standard InChI is InChI=1S/C25H32N7O7P/c1-5-11-36-22(33)16(2)31-40(34,39-17-9-7-6-8-10-17)37-13-18-12-25(3,14-26)23(38-18)32-15-28-19-20(32)29-24(27)30-21(19)35-4/h6-10,15-16,18,23H,5,11-13H2,1-4H3,(H,31,34)(H2,27,29,30)/t16-,18?,23?,25?,40?/m0/s1. The van der Waals surface area contributed by atoms with E-state index in [-0.39, 0.29) is 37.2 Å². The fourth-order valence-corrected chi connectivity index (χ4v) is 5.78. The second-order valence-electron chi connectivity index (χ2n) is 9.47. The van der Waals surface area contributed by atoms with Gasteiger partial charge in [-0.1, -0.05) is 25.1 Å². The van der Waals surface area contributed by atoms with E-state index >= 15 is 0 Å². The summed E-state index contributed by atoms with van der Waals surface area (Å²) in [5.41, 5.74) is 5.49. The largest absolute Gasteiger partial charge is 0.479 e. The van der Waals surface area contributed by atoms with Gasteiger partial charge in [-0.15, -0.1) is 0 Å².